The fourth-order valence-electron chi connectivity index (χ4n) is 7.74. The highest BCUT2D eigenvalue weighted by molar-refractivity contribution is 7.19. The van der Waals surface area contributed by atoms with Gasteiger partial charge in [0.25, 0.3) is 0 Å². The van der Waals surface area contributed by atoms with Crippen molar-refractivity contribution < 1.29 is 16.4 Å². The number of para-hydroxylation sites is 4. The molecule has 2 heterocycles. The molecule has 0 bridgehead atoms. The Morgan fingerprint density at radius 2 is 1.00 bits per heavy atom. The van der Waals surface area contributed by atoms with Crippen molar-refractivity contribution in [1.29, 1.82) is 5.41 Å². The Kier molecular flexibility index (Phi) is 5.91. The molecule has 0 saturated carbocycles. The standard InChI is InChI=1S/C51H37N5Si/c52-50(37-19-18-26-41(35-37)57(38-20-4-1-5-21-38,39-22-6-2-7-23-39)40-24-8-3-9-25-40)54-51(56-48-33-16-12-29-44(48)45-30-13-17-34-49(45)56)53-36-55-46-31-14-10-27-42(46)43-28-11-15-32-47(43)55/h1-36,52H/i10D,12D,14D,16D,18D,19D,26D,27D,29D,31D,33D,35D. The summed E-state index contributed by atoms with van der Waals surface area (Å²) in [5, 5.41) is 13.6. The molecule has 0 saturated heterocycles. The smallest absolute Gasteiger partial charge is 0.238 e. The third-order valence-corrected chi connectivity index (χ3v) is 14.8. The normalized spacial score (nSPS) is 15.3. The summed E-state index contributed by atoms with van der Waals surface area (Å²) in [7, 11) is -3.74. The van der Waals surface area contributed by atoms with Crippen LogP contribution in [0.4, 0.5) is 0 Å². The van der Waals surface area contributed by atoms with Crippen LogP contribution in [0.2, 0.25) is 0 Å². The van der Waals surface area contributed by atoms with Crippen molar-refractivity contribution in [2.24, 2.45) is 9.98 Å². The average Bonchev–Trinajstić information content (AvgIpc) is 3.90. The Morgan fingerprint density at radius 1 is 0.491 bits per heavy atom. The van der Waals surface area contributed by atoms with Crippen LogP contribution in [-0.4, -0.2) is 35.3 Å². The van der Waals surface area contributed by atoms with E-state index >= 15 is 0 Å². The zero-order valence-electron chi connectivity index (χ0n) is 42.1. The van der Waals surface area contributed by atoms with Gasteiger partial charge < -0.3 is 0 Å². The molecule has 1 N–H and O–H groups in total. The first-order chi connectivity index (χ1) is 33.2. The first-order valence-corrected chi connectivity index (χ1v) is 20.2. The van der Waals surface area contributed by atoms with Crippen LogP contribution >= 0.6 is 0 Å². The first-order valence-electron chi connectivity index (χ1n) is 24.2. The van der Waals surface area contributed by atoms with E-state index < -0.39 is 56.2 Å². The fourth-order valence-corrected chi connectivity index (χ4v) is 12.2. The molecule has 6 heteroatoms. The maximum atomic E-state index is 10.1. The lowest BCUT2D eigenvalue weighted by molar-refractivity contribution is 1.21. The Morgan fingerprint density at radius 3 is 1.63 bits per heavy atom. The van der Waals surface area contributed by atoms with E-state index in [4.69, 9.17) is 19.6 Å². The molecule has 270 valence electrons. The van der Waals surface area contributed by atoms with Gasteiger partial charge in [0.05, 0.1) is 38.5 Å². The third-order valence-electron chi connectivity index (χ3n) is 10.2. The largest absolute Gasteiger partial charge is 0.300 e. The number of benzene rings is 8. The van der Waals surface area contributed by atoms with Gasteiger partial charge in [0, 0.05) is 27.1 Å². The number of amidine groups is 1. The van der Waals surface area contributed by atoms with E-state index in [-0.39, 0.29) is 68.7 Å². The minimum absolute atomic E-state index is 0.0423. The van der Waals surface area contributed by atoms with Gasteiger partial charge in [0.1, 0.15) is 6.34 Å². The quantitative estimate of drug-likeness (QED) is 0.0762. The summed E-state index contributed by atoms with van der Waals surface area (Å²) >= 11 is 0. The molecule has 2 aromatic heterocycles. The van der Waals surface area contributed by atoms with Gasteiger partial charge in [-0.1, -0.05) is 188 Å². The highest BCUT2D eigenvalue weighted by Crippen LogP contribution is 2.30. The molecular weight excluding hydrogens is 711 g/mol. The fraction of sp³-hybridized carbons (Fsp3) is 0. The first kappa shape index (κ1) is 23.5. The topological polar surface area (TPSA) is 58.4 Å². The molecule has 0 amide bonds. The lowest BCUT2D eigenvalue weighted by Crippen LogP contribution is -2.74. The Bertz CT molecular complexity index is 3740. The second kappa shape index (κ2) is 14.3. The Balaban J connectivity index is 1.31. The Hall–Kier alpha value is -7.41. The molecule has 0 aliphatic carbocycles. The zero-order chi connectivity index (χ0) is 48.6. The molecule has 10 rings (SSSR count). The lowest BCUT2D eigenvalue weighted by Gasteiger charge is -2.34. The summed E-state index contributed by atoms with van der Waals surface area (Å²) in [6.45, 7) is 0. The number of hydrogen-bond acceptors (Lipinski definition) is 1. The molecule has 0 aliphatic rings. The number of nitrogens with one attached hydrogen (secondary N) is 1. The van der Waals surface area contributed by atoms with Gasteiger partial charge in [-0.25, -0.2) is 4.99 Å². The van der Waals surface area contributed by atoms with Crippen LogP contribution in [0.1, 0.15) is 22.0 Å². The van der Waals surface area contributed by atoms with Crippen molar-refractivity contribution in [3.8, 4) is 0 Å². The summed E-state index contributed by atoms with van der Waals surface area (Å²) in [5.74, 6) is -1.08. The molecule has 5 nitrogen and oxygen atoms in total. The number of aliphatic imine (C=N–C) groups is 2. The molecule has 10 aromatic rings. The number of nitrogens with zero attached hydrogens (tertiary/aromatic N) is 4. The highest BCUT2D eigenvalue weighted by atomic mass is 28.3. The van der Waals surface area contributed by atoms with Crippen molar-refractivity contribution in [2.45, 2.75) is 0 Å². The molecular formula is C51H37N5Si. The predicted octanol–water partition coefficient (Wildman–Crippen LogP) is 9.09. The van der Waals surface area contributed by atoms with Gasteiger partial charge in [-0.3, -0.25) is 14.5 Å². The number of rotatable bonds is 6. The van der Waals surface area contributed by atoms with Crippen molar-refractivity contribution in [3.05, 3.63) is 218 Å². The molecule has 57 heavy (non-hydrogen) atoms. The van der Waals surface area contributed by atoms with Gasteiger partial charge in [0.2, 0.25) is 5.96 Å². The number of aromatic nitrogens is 2. The summed E-state index contributed by atoms with van der Waals surface area (Å²) in [6, 6.07) is 36.9. The van der Waals surface area contributed by atoms with Gasteiger partial charge >= 0.3 is 0 Å². The maximum absolute atomic E-state index is 10.1. The molecule has 0 unspecified atom stereocenters. The van der Waals surface area contributed by atoms with Crippen LogP contribution in [0.25, 0.3) is 43.6 Å². The Labute approximate surface area is 348 Å². The highest BCUT2D eigenvalue weighted by Gasteiger charge is 2.41. The minimum Gasteiger partial charge on any atom is -0.300 e. The summed E-state index contributed by atoms with van der Waals surface area (Å²) in [4.78, 5) is 9.60. The summed E-state index contributed by atoms with van der Waals surface area (Å²) in [6.07, 6.45) is 1.26. The maximum Gasteiger partial charge on any atom is 0.238 e. The van der Waals surface area contributed by atoms with Gasteiger partial charge in [-0.05, 0) is 45.0 Å². The van der Waals surface area contributed by atoms with Crippen LogP contribution < -0.4 is 20.7 Å². The van der Waals surface area contributed by atoms with Crippen LogP contribution in [0.3, 0.4) is 0 Å². The summed E-state index contributed by atoms with van der Waals surface area (Å²) in [5.41, 5.74) is 0.426. The molecule has 0 aliphatic heterocycles. The SMILES string of the molecule is [2H]c1c([2H])c(C(=N)N=C(N=Cn2c3ccccc3c3c([2H])c([2H])c([2H])c([2H])c32)n2c3ccccc3c3c([2H])c([2H])c([2H])c([2H])c32)c([2H])c([Si](c2ccccc2)(c2ccccc2)c2ccccc2)c1[2H]. The van der Waals surface area contributed by atoms with E-state index in [0.29, 0.717) is 21.8 Å². The van der Waals surface area contributed by atoms with E-state index in [2.05, 4.69) is 0 Å². The number of hydrogen-bond donors (Lipinski definition) is 1. The molecule has 0 fully saturated rings. The van der Waals surface area contributed by atoms with E-state index in [1.807, 2.05) is 91.0 Å². The monoisotopic (exact) mass is 759 g/mol. The van der Waals surface area contributed by atoms with Crippen LogP contribution in [0.15, 0.2) is 222 Å². The second-order valence-electron chi connectivity index (χ2n) is 13.3. The van der Waals surface area contributed by atoms with Crippen LogP contribution in [-0.2, 0) is 0 Å². The summed E-state index contributed by atoms with van der Waals surface area (Å²) < 4.78 is 112. The molecule has 8 aromatic carbocycles. The van der Waals surface area contributed by atoms with Crippen LogP contribution in [0, 0.1) is 5.41 Å². The van der Waals surface area contributed by atoms with E-state index in [0.717, 1.165) is 15.6 Å². The van der Waals surface area contributed by atoms with E-state index in [9.17, 15) is 12.3 Å². The van der Waals surface area contributed by atoms with Crippen molar-refractivity contribution in [3.63, 3.8) is 0 Å². The van der Waals surface area contributed by atoms with E-state index in [1.54, 1.807) is 48.5 Å². The van der Waals surface area contributed by atoms with Crippen molar-refractivity contribution in [1.82, 2.24) is 9.13 Å². The van der Waals surface area contributed by atoms with Crippen molar-refractivity contribution in [2.75, 3.05) is 0 Å². The number of fused-ring (bicyclic) bond motifs is 6. The van der Waals surface area contributed by atoms with Gasteiger partial charge in [-0.2, -0.15) is 4.99 Å². The van der Waals surface area contributed by atoms with Crippen molar-refractivity contribution >= 4 is 90.6 Å². The predicted molar refractivity (Wildman–Crippen MR) is 242 cm³/mol. The zero-order valence-corrected chi connectivity index (χ0v) is 31.1. The molecule has 0 atom stereocenters. The second-order valence-corrected chi connectivity index (χ2v) is 17.0. The van der Waals surface area contributed by atoms with Crippen LogP contribution in [0.5, 0.6) is 0 Å². The molecule has 0 spiro atoms. The van der Waals surface area contributed by atoms with E-state index in [1.165, 1.54) is 15.5 Å². The van der Waals surface area contributed by atoms with Gasteiger partial charge in [-0.15, -0.1) is 0 Å². The minimum atomic E-state index is -3.74. The molecule has 0 radical (unpaired) electrons. The third kappa shape index (κ3) is 5.74. The lowest BCUT2D eigenvalue weighted by atomic mass is 10.2. The average molecular weight is 760 g/mol. The van der Waals surface area contributed by atoms with Gasteiger partial charge in [0.15, 0.2) is 13.9 Å².